The maximum absolute atomic E-state index is 12.8. The standard InChI is InChI=1S/C25H30N2O4S/c1-6-26-24(30)21-20(19-10-14-8-7-9-25(4,5)23(14)32-19)22(31-27-21)16-11-15(13(2)3)17(28)12-18(16)29/h10-13,28-29H,6-9H2,1-5H3,(H,26,30). The summed E-state index contributed by atoms with van der Waals surface area (Å²) in [7, 11) is 0. The molecule has 0 unspecified atom stereocenters. The first-order valence-electron chi connectivity index (χ1n) is 11.1. The quantitative estimate of drug-likeness (QED) is 0.441. The predicted molar refractivity (Wildman–Crippen MR) is 127 cm³/mol. The Bertz CT molecular complexity index is 1170. The fourth-order valence-corrected chi connectivity index (χ4v) is 5.87. The Hall–Kier alpha value is -2.80. The van der Waals surface area contributed by atoms with Crippen LogP contribution in [0.1, 0.15) is 79.9 Å². The molecule has 0 radical (unpaired) electrons. The molecule has 0 bridgehead atoms. The Morgan fingerprint density at radius 1 is 1.25 bits per heavy atom. The topological polar surface area (TPSA) is 95.6 Å². The number of hydrogen-bond donors (Lipinski definition) is 3. The van der Waals surface area contributed by atoms with Crippen molar-refractivity contribution in [3.8, 4) is 33.3 Å². The second kappa shape index (κ2) is 8.28. The van der Waals surface area contributed by atoms with E-state index in [1.54, 1.807) is 17.4 Å². The highest BCUT2D eigenvalue weighted by Crippen LogP contribution is 2.49. The van der Waals surface area contributed by atoms with Gasteiger partial charge < -0.3 is 20.1 Å². The number of aryl methyl sites for hydroxylation is 1. The summed E-state index contributed by atoms with van der Waals surface area (Å²) in [6.07, 6.45) is 3.26. The summed E-state index contributed by atoms with van der Waals surface area (Å²) in [5.41, 5.74) is 3.26. The van der Waals surface area contributed by atoms with Crippen LogP contribution in [0.4, 0.5) is 0 Å². The van der Waals surface area contributed by atoms with Crippen molar-refractivity contribution in [1.29, 1.82) is 0 Å². The number of amides is 1. The van der Waals surface area contributed by atoms with E-state index in [0.717, 1.165) is 24.1 Å². The predicted octanol–water partition coefficient (Wildman–Crippen LogP) is 5.97. The first kappa shape index (κ1) is 22.4. The van der Waals surface area contributed by atoms with Crippen molar-refractivity contribution in [3.05, 3.63) is 39.9 Å². The van der Waals surface area contributed by atoms with Crippen LogP contribution in [0.2, 0.25) is 0 Å². The van der Waals surface area contributed by atoms with Crippen molar-refractivity contribution in [3.63, 3.8) is 0 Å². The number of carbonyl (C=O) groups is 1. The maximum Gasteiger partial charge on any atom is 0.274 e. The highest BCUT2D eigenvalue weighted by atomic mass is 32.1. The van der Waals surface area contributed by atoms with E-state index in [0.29, 0.717) is 29.0 Å². The van der Waals surface area contributed by atoms with Gasteiger partial charge in [0.15, 0.2) is 11.5 Å². The number of phenolic OH excluding ortho intramolecular Hbond substituents is 2. The summed E-state index contributed by atoms with van der Waals surface area (Å²) in [6, 6.07) is 5.18. The van der Waals surface area contributed by atoms with Gasteiger partial charge >= 0.3 is 0 Å². The van der Waals surface area contributed by atoms with Gasteiger partial charge in [-0.2, -0.15) is 0 Å². The largest absolute Gasteiger partial charge is 0.508 e. The Morgan fingerprint density at radius 3 is 2.66 bits per heavy atom. The summed E-state index contributed by atoms with van der Waals surface area (Å²) in [6.45, 7) is 10.8. The van der Waals surface area contributed by atoms with Gasteiger partial charge in [-0.05, 0) is 60.8 Å². The lowest BCUT2D eigenvalue weighted by atomic mass is 9.78. The number of hydrogen-bond acceptors (Lipinski definition) is 6. The van der Waals surface area contributed by atoms with E-state index in [9.17, 15) is 15.0 Å². The second-order valence-electron chi connectivity index (χ2n) is 9.38. The molecule has 1 amide bonds. The van der Waals surface area contributed by atoms with Crippen molar-refractivity contribution in [2.75, 3.05) is 6.54 Å². The molecule has 2 heterocycles. The third-order valence-electron chi connectivity index (χ3n) is 6.17. The number of rotatable bonds is 5. The van der Waals surface area contributed by atoms with Crippen LogP contribution in [-0.4, -0.2) is 27.8 Å². The molecule has 3 N–H and O–H groups in total. The Labute approximate surface area is 192 Å². The normalized spacial score (nSPS) is 15.1. The zero-order valence-corrected chi connectivity index (χ0v) is 20.0. The van der Waals surface area contributed by atoms with Gasteiger partial charge in [0.2, 0.25) is 0 Å². The smallest absolute Gasteiger partial charge is 0.274 e. The van der Waals surface area contributed by atoms with Gasteiger partial charge in [0, 0.05) is 22.4 Å². The zero-order valence-electron chi connectivity index (χ0n) is 19.2. The summed E-state index contributed by atoms with van der Waals surface area (Å²) >= 11 is 1.67. The molecule has 0 fully saturated rings. The number of nitrogens with one attached hydrogen (secondary N) is 1. The van der Waals surface area contributed by atoms with E-state index >= 15 is 0 Å². The van der Waals surface area contributed by atoms with Crippen LogP contribution in [0.25, 0.3) is 21.8 Å². The molecule has 32 heavy (non-hydrogen) atoms. The molecule has 3 aromatic rings. The van der Waals surface area contributed by atoms with E-state index in [4.69, 9.17) is 4.52 Å². The van der Waals surface area contributed by atoms with E-state index in [-0.39, 0.29) is 34.4 Å². The summed E-state index contributed by atoms with van der Waals surface area (Å²) in [5.74, 6) is -0.0287. The molecule has 6 nitrogen and oxygen atoms in total. The molecule has 2 aromatic heterocycles. The van der Waals surface area contributed by atoms with E-state index < -0.39 is 0 Å². The Kier molecular flexibility index (Phi) is 5.79. The number of benzene rings is 1. The second-order valence-corrected chi connectivity index (χ2v) is 10.4. The van der Waals surface area contributed by atoms with Crippen LogP contribution < -0.4 is 5.32 Å². The highest BCUT2D eigenvalue weighted by molar-refractivity contribution is 7.16. The number of thiophene rings is 1. The fraction of sp³-hybridized carbons (Fsp3) is 0.440. The first-order chi connectivity index (χ1) is 15.1. The monoisotopic (exact) mass is 454 g/mol. The van der Waals surface area contributed by atoms with Gasteiger partial charge in [0.1, 0.15) is 11.5 Å². The van der Waals surface area contributed by atoms with Gasteiger partial charge in [-0.15, -0.1) is 11.3 Å². The van der Waals surface area contributed by atoms with Gasteiger partial charge in [-0.25, -0.2) is 0 Å². The van der Waals surface area contributed by atoms with Crippen LogP contribution in [0.3, 0.4) is 0 Å². The number of aromatic nitrogens is 1. The van der Waals surface area contributed by atoms with Crippen molar-refractivity contribution in [2.45, 2.75) is 65.2 Å². The third kappa shape index (κ3) is 3.79. The summed E-state index contributed by atoms with van der Waals surface area (Å²) in [4.78, 5) is 15.1. The molecule has 1 aliphatic rings. The fourth-order valence-electron chi connectivity index (χ4n) is 4.48. The SMILES string of the molecule is CCNC(=O)c1noc(-c2cc(C(C)C)c(O)cc2O)c1-c1cc2c(s1)C(C)(C)CCC2. The lowest BCUT2D eigenvalue weighted by Crippen LogP contribution is -2.23. The summed E-state index contributed by atoms with van der Waals surface area (Å²) in [5, 5.41) is 27.9. The van der Waals surface area contributed by atoms with Crippen molar-refractivity contribution in [2.24, 2.45) is 0 Å². The number of fused-ring (bicyclic) bond motifs is 1. The van der Waals surface area contributed by atoms with E-state index in [1.165, 1.54) is 16.5 Å². The van der Waals surface area contributed by atoms with Crippen LogP contribution >= 0.6 is 11.3 Å². The maximum atomic E-state index is 12.8. The molecule has 0 saturated carbocycles. The molecule has 0 saturated heterocycles. The number of nitrogens with zero attached hydrogens (tertiary/aromatic N) is 1. The Balaban J connectivity index is 1.95. The summed E-state index contributed by atoms with van der Waals surface area (Å²) < 4.78 is 5.70. The minimum Gasteiger partial charge on any atom is -0.508 e. The minimum absolute atomic E-state index is 0.0274. The lowest BCUT2D eigenvalue weighted by Gasteiger charge is -2.29. The highest BCUT2D eigenvalue weighted by Gasteiger charge is 2.33. The number of aromatic hydroxyl groups is 2. The van der Waals surface area contributed by atoms with Crippen molar-refractivity contribution in [1.82, 2.24) is 10.5 Å². The van der Waals surface area contributed by atoms with Crippen LogP contribution in [0.5, 0.6) is 11.5 Å². The molecule has 7 heteroatoms. The van der Waals surface area contributed by atoms with Crippen LogP contribution in [-0.2, 0) is 11.8 Å². The molecule has 0 aliphatic heterocycles. The minimum atomic E-state index is -0.314. The first-order valence-corrected chi connectivity index (χ1v) is 11.9. The molecular formula is C25H30N2O4S. The number of carbonyl (C=O) groups excluding carboxylic acids is 1. The van der Waals surface area contributed by atoms with Gasteiger partial charge in [0.25, 0.3) is 5.91 Å². The molecule has 4 rings (SSSR count). The molecule has 170 valence electrons. The van der Waals surface area contributed by atoms with E-state index in [2.05, 4.69) is 30.4 Å². The molecule has 0 spiro atoms. The lowest BCUT2D eigenvalue weighted by molar-refractivity contribution is 0.0947. The average Bonchev–Trinajstić information content (AvgIpc) is 3.32. The van der Waals surface area contributed by atoms with Crippen LogP contribution in [0, 0.1) is 0 Å². The van der Waals surface area contributed by atoms with Gasteiger partial charge in [0.05, 0.1) is 11.1 Å². The molecular weight excluding hydrogens is 424 g/mol. The van der Waals surface area contributed by atoms with Gasteiger partial charge in [-0.3, -0.25) is 4.79 Å². The molecule has 1 aliphatic carbocycles. The average molecular weight is 455 g/mol. The molecule has 0 atom stereocenters. The molecule has 1 aromatic carbocycles. The third-order valence-corrected chi connectivity index (χ3v) is 7.73. The van der Waals surface area contributed by atoms with Crippen molar-refractivity contribution < 1.29 is 19.5 Å². The van der Waals surface area contributed by atoms with Crippen LogP contribution in [0.15, 0.2) is 22.7 Å². The Morgan fingerprint density at radius 2 is 2.00 bits per heavy atom. The zero-order chi connectivity index (χ0) is 23.2. The van der Waals surface area contributed by atoms with E-state index in [1.807, 2.05) is 20.8 Å². The number of phenols is 2. The van der Waals surface area contributed by atoms with Gasteiger partial charge in [-0.1, -0.05) is 32.9 Å². The van der Waals surface area contributed by atoms with Crippen molar-refractivity contribution >= 4 is 17.2 Å².